The summed E-state index contributed by atoms with van der Waals surface area (Å²) in [4.78, 5) is 2.83. The van der Waals surface area contributed by atoms with Gasteiger partial charge in [0.05, 0.1) is 0 Å². The summed E-state index contributed by atoms with van der Waals surface area (Å²) < 4.78 is 0. The molecule has 2 aliphatic rings. The Kier molecular flexibility index (Phi) is 5.30. The molecule has 1 saturated carbocycles. The lowest BCUT2D eigenvalue weighted by Gasteiger charge is -2.46. The zero-order valence-corrected chi connectivity index (χ0v) is 13.5. The van der Waals surface area contributed by atoms with Gasteiger partial charge < -0.3 is 5.32 Å². The highest BCUT2D eigenvalue weighted by atomic mass is 15.2. The van der Waals surface area contributed by atoms with Crippen molar-refractivity contribution in [2.75, 3.05) is 19.6 Å². The topological polar surface area (TPSA) is 15.3 Å². The minimum absolute atomic E-state index is 0.519. The lowest BCUT2D eigenvalue weighted by atomic mass is 9.72. The number of hydrogen-bond donors (Lipinski definition) is 1. The molecule has 0 aromatic rings. The van der Waals surface area contributed by atoms with Crippen LogP contribution in [0.4, 0.5) is 0 Å². The molecule has 0 aromatic heterocycles. The molecular formula is C17H34N2. The monoisotopic (exact) mass is 266 g/mol. The van der Waals surface area contributed by atoms with E-state index in [0.717, 1.165) is 12.0 Å². The molecule has 1 aliphatic heterocycles. The molecule has 2 nitrogen and oxygen atoms in total. The van der Waals surface area contributed by atoms with Gasteiger partial charge in [-0.1, -0.05) is 40.5 Å². The largest absolute Gasteiger partial charge is 0.313 e. The van der Waals surface area contributed by atoms with Gasteiger partial charge in [0.1, 0.15) is 0 Å². The fourth-order valence-electron chi connectivity index (χ4n) is 4.19. The Morgan fingerprint density at radius 2 is 2.00 bits per heavy atom. The van der Waals surface area contributed by atoms with E-state index in [1.165, 1.54) is 58.2 Å². The van der Waals surface area contributed by atoms with Crippen LogP contribution in [-0.2, 0) is 0 Å². The molecule has 2 fully saturated rings. The SMILES string of the molecule is CC(C)CC1CN(C2CCCCC2(C)C)CCCN1. The summed E-state index contributed by atoms with van der Waals surface area (Å²) in [6.07, 6.45) is 8.35. The summed E-state index contributed by atoms with van der Waals surface area (Å²) in [5.41, 5.74) is 0.519. The summed E-state index contributed by atoms with van der Waals surface area (Å²) in [5.74, 6) is 0.803. The maximum Gasteiger partial charge on any atom is 0.0197 e. The molecule has 2 heteroatoms. The fourth-order valence-corrected chi connectivity index (χ4v) is 4.19. The molecule has 0 aromatic carbocycles. The Morgan fingerprint density at radius 1 is 1.21 bits per heavy atom. The van der Waals surface area contributed by atoms with E-state index in [1.807, 2.05) is 0 Å². The molecule has 0 amide bonds. The van der Waals surface area contributed by atoms with Gasteiger partial charge in [-0.2, -0.15) is 0 Å². The third-order valence-electron chi connectivity index (χ3n) is 5.16. The second-order valence-corrected chi connectivity index (χ2v) is 7.88. The van der Waals surface area contributed by atoms with Crippen LogP contribution >= 0.6 is 0 Å². The quantitative estimate of drug-likeness (QED) is 0.838. The molecule has 1 heterocycles. The average molecular weight is 266 g/mol. The Bertz CT molecular complexity index is 272. The molecular weight excluding hydrogens is 232 g/mol. The molecule has 2 atom stereocenters. The van der Waals surface area contributed by atoms with Gasteiger partial charge in [0.25, 0.3) is 0 Å². The smallest absolute Gasteiger partial charge is 0.0197 e. The minimum atomic E-state index is 0.519. The zero-order valence-electron chi connectivity index (χ0n) is 13.5. The van der Waals surface area contributed by atoms with Crippen molar-refractivity contribution in [2.24, 2.45) is 11.3 Å². The van der Waals surface area contributed by atoms with Gasteiger partial charge >= 0.3 is 0 Å². The van der Waals surface area contributed by atoms with Crippen molar-refractivity contribution in [3.8, 4) is 0 Å². The van der Waals surface area contributed by atoms with E-state index in [0.29, 0.717) is 11.5 Å². The first-order valence-corrected chi connectivity index (χ1v) is 8.46. The molecule has 2 rings (SSSR count). The normalized spacial score (nSPS) is 33.3. The van der Waals surface area contributed by atoms with Crippen LogP contribution in [0, 0.1) is 11.3 Å². The summed E-state index contributed by atoms with van der Waals surface area (Å²) in [6, 6.07) is 1.52. The third-order valence-corrected chi connectivity index (χ3v) is 5.16. The van der Waals surface area contributed by atoms with Crippen molar-refractivity contribution < 1.29 is 0 Å². The maximum absolute atomic E-state index is 3.77. The number of rotatable bonds is 3. The molecule has 19 heavy (non-hydrogen) atoms. The van der Waals surface area contributed by atoms with Gasteiger partial charge in [0.2, 0.25) is 0 Å². The summed E-state index contributed by atoms with van der Waals surface area (Å²) >= 11 is 0. The van der Waals surface area contributed by atoms with E-state index >= 15 is 0 Å². The van der Waals surface area contributed by atoms with Crippen molar-refractivity contribution in [3.05, 3.63) is 0 Å². The molecule has 1 aliphatic carbocycles. The lowest BCUT2D eigenvalue weighted by molar-refractivity contribution is 0.0465. The van der Waals surface area contributed by atoms with Crippen LogP contribution in [0.1, 0.15) is 66.2 Å². The van der Waals surface area contributed by atoms with Gasteiger partial charge in [-0.05, 0) is 50.1 Å². The molecule has 2 unspecified atom stereocenters. The second-order valence-electron chi connectivity index (χ2n) is 7.88. The van der Waals surface area contributed by atoms with Crippen LogP contribution in [0.3, 0.4) is 0 Å². The predicted octanol–water partition coefficient (Wildman–Crippen LogP) is 3.67. The predicted molar refractivity (Wildman–Crippen MR) is 83.5 cm³/mol. The molecule has 0 spiro atoms. The summed E-state index contributed by atoms with van der Waals surface area (Å²) in [5, 5.41) is 3.77. The van der Waals surface area contributed by atoms with Crippen LogP contribution in [0.2, 0.25) is 0 Å². The average Bonchev–Trinajstić information content (AvgIpc) is 2.53. The van der Waals surface area contributed by atoms with Gasteiger partial charge in [0, 0.05) is 18.6 Å². The lowest BCUT2D eigenvalue weighted by Crippen LogP contribution is -2.50. The van der Waals surface area contributed by atoms with Crippen LogP contribution in [0.15, 0.2) is 0 Å². The van der Waals surface area contributed by atoms with Crippen molar-refractivity contribution in [2.45, 2.75) is 78.3 Å². The Labute approximate surface area is 120 Å². The van der Waals surface area contributed by atoms with Crippen LogP contribution < -0.4 is 5.32 Å². The van der Waals surface area contributed by atoms with Crippen molar-refractivity contribution in [1.82, 2.24) is 10.2 Å². The fraction of sp³-hybridized carbons (Fsp3) is 1.00. The first-order valence-electron chi connectivity index (χ1n) is 8.46. The van der Waals surface area contributed by atoms with E-state index in [2.05, 4.69) is 37.9 Å². The Morgan fingerprint density at radius 3 is 2.68 bits per heavy atom. The molecule has 0 bridgehead atoms. The first-order chi connectivity index (χ1) is 8.99. The maximum atomic E-state index is 3.77. The number of nitrogens with zero attached hydrogens (tertiary/aromatic N) is 1. The highest BCUT2D eigenvalue weighted by Gasteiger charge is 2.37. The van der Waals surface area contributed by atoms with E-state index in [1.54, 1.807) is 0 Å². The first kappa shape index (κ1) is 15.3. The number of nitrogens with one attached hydrogen (secondary N) is 1. The van der Waals surface area contributed by atoms with Gasteiger partial charge in [-0.15, -0.1) is 0 Å². The van der Waals surface area contributed by atoms with Crippen LogP contribution in [-0.4, -0.2) is 36.6 Å². The highest BCUT2D eigenvalue weighted by molar-refractivity contribution is 4.92. The third kappa shape index (κ3) is 4.19. The van der Waals surface area contributed by atoms with E-state index in [9.17, 15) is 0 Å². The van der Waals surface area contributed by atoms with Crippen LogP contribution in [0.5, 0.6) is 0 Å². The van der Waals surface area contributed by atoms with E-state index in [4.69, 9.17) is 0 Å². The Hall–Kier alpha value is -0.0800. The van der Waals surface area contributed by atoms with Gasteiger partial charge in [-0.25, -0.2) is 0 Å². The van der Waals surface area contributed by atoms with Crippen LogP contribution in [0.25, 0.3) is 0 Å². The standard InChI is InChI=1S/C17H34N2/c1-14(2)12-15-13-19(11-7-10-18-15)16-8-5-6-9-17(16,3)4/h14-16,18H,5-13H2,1-4H3. The van der Waals surface area contributed by atoms with Gasteiger partial charge in [-0.3, -0.25) is 4.90 Å². The molecule has 1 N–H and O–H groups in total. The van der Waals surface area contributed by atoms with E-state index in [-0.39, 0.29) is 0 Å². The summed E-state index contributed by atoms with van der Waals surface area (Å²) in [6.45, 7) is 13.5. The zero-order chi connectivity index (χ0) is 13.9. The minimum Gasteiger partial charge on any atom is -0.313 e. The second kappa shape index (κ2) is 6.58. The Balaban J connectivity index is 2.00. The molecule has 0 radical (unpaired) electrons. The molecule has 1 saturated heterocycles. The van der Waals surface area contributed by atoms with Crippen molar-refractivity contribution in [3.63, 3.8) is 0 Å². The summed E-state index contributed by atoms with van der Waals surface area (Å²) in [7, 11) is 0. The van der Waals surface area contributed by atoms with Crippen molar-refractivity contribution >= 4 is 0 Å². The number of hydrogen-bond acceptors (Lipinski definition) is 2. The van der Waals surface area contributed by atoms with Gasteiger partial charge in [0.15, 0.2) is 0 Å². The van der Waals surface area contributed by atoms with E-state index < -0.39 is 0 Å². The highest BCUT2D eigenvalue weighted by Crippen LogP contribution is 2.39. The molecule has 112 valence electrons. The van der Waals surface area contributed by atoms with Crippen molar-refractivity contribution in [1.29, 1.82) is 0 Å².